The Hall–Kier alpha value is -2.30. The van der Waals surface area contributed by atoms with Gasteiger partial charge in [-0.1, -0.05) is 32.0 Å². The van der Waals surface area contributed by atoms with Gasteiger partial charge in [-0.3, -0.25) is 9.59 Å². The molecule has 0 radical (unpaired) electrons. The molecule has 2 heterocycles. The molecule has 0 saturated carbocycles. The van der Waals surface area contributed by atoms with E-state index >= 15 is 0 Å². The van der Waals surface area contributed by atoms with Gasteiger partial charge in [0.15, 0.2) is 0 Å². The van der Waals surface area contributed by atoms with E-state index in [1.54, 1.807) is 0 Å². The average Bonchev–Trinajstić information content (AvgIpc) is 2.87. The zero-order valence-corrected chi connectivity index (χ0v) is 12.8. The first-order chi connectivity index (χ1) is 10.5. The highest BCUT2D eigenvalue weighted by Gasteiger charge is 2.34. The number of carbonyl (C=O) groups is 2. The molecule has 2 amide bonds. The van der Waals surface area contributed by atoms with Gasteiger partial charge in [0.2, 0.25) is 11.8 Å². The van der Waals surface area contributed by atoms with Gasteiger partial charge < -0.3 is 15.6 Å². The summed E-state index contributed by atoms with van der Waals surface area (Å²) in [6.07, 6.45) is 3.07. The first-order valence-electron chi connectivity index (χ1n) is 7.70. The van der Waals surface area contributed by atoms with Gasteiger partial charge in [-0.2, -0.15) is 0 Å². The number of aromatic nitrogens is 1. The fourth-order valence-electron chi connectivity index (χ4n) is 2.98. The molecule has 1 aliphatic rings. The van der Waals surface area contributed by atoms with E-state index < -0.39 is 12.1 Å². The minimum Gasteiger partial charge on any atom is -0.361 e. The van der Waals surface area contributed by atoms with Crippen LogP contribution in [0.2, 0.25) is 0 Å². The number of para-hydroxylation sites is 1. The zero-order valence-electron chi connectivity index (χ0n) is 12.8. The summed E-state index contributed by atoms with van der Waals surface area (Å²) < 4.78 is 0. The Bertz CT molecular complexity index is 705. The summed E-state index contributed by atoms with van der Waals surface area (Å²) >= 11 is 0. The van der Waals surface area contributed by atoms with E-state index in [1.165, 1.54) is 0 Å². The smallest absolute Gasteiger partial charge is 0.243 e. The van der Waals surface area contributed by atoms with E-state index in [0.717, 1.165) is 16.5 Å². The molecule has 1 aromatic carbocycles. The molecule has 5 nitrogen and oxygen atoms in total. The van der Waals surface area contributed by atoms with Crippen molar-refractivity contribution in [3.8, 4) is 0 Å². The lowest BCUT2D eigenvalue weighted by atomic mass is 9.97. The number of nitrogens with one attached hydrogen (secondary N) is 3. The number of piperazine rings is 1. The van der Waals surface area contributed by atoms with Gasteiger partial charge in [0, 0.05) is 23.5 Å². The van der Waals surface area contributed by atoms with E-state index in [0.29, 0.717) is 18.8 Å². The number of H-pyrrole nitrogens is 1. The Morgan fingerprint density at radius 2 is 1.73 bits per heavy atom. The van der Waals surface area contributed by atoms with Crippen molar-refractivity contribution in [1.29, 1.82) is 0 Å². The summed E-state index contributed by atoms with van der Waals surface area (Å²) in [4.78, 5) is 27.6. The lowest BCUT2D eigenvalue weighted by Crippen LogP contribution is -2.62. The molecule has 2 aromatic rings. The van der Waals surface area contributed by atoms with Gasteiger partial charge >= 0.3 is 0 Å². The van der Waals surface area contributed by atoms with Gasteiger partial charge in [0.25, 0.3) is 0 Å². The molecular formula is C17H21N3O2. The monoisotopic (exact) mass is 299 g/mol. The molecule has 22 heavy (non-hydrogen) atoms. The van der Waals surface area contributed by atoms with Crippen LogP contribution in [-0.2, 0) is 16.0 Å². The molecule has 1 fully saturated rings. The molecule has 3 rings (SSSR count). The fraction of sp³-hybridized carbons (Fsp3) is 0.412. The van der Waals surface area contributed by atoms with Crippen LogP contribution in [0.4, 0.5) is 0 Å². The van der Waals surface area contributed by atoms with Gasteiger partial charge in [0.05, 0.1) is 0 Å². The number of hydrogen-bond acceptors (Lipinski definition) is 2. The summed E-state index contributed by atoms with van der Waals surface area (Å²) in [6, 6.07) is 7.04. The van der Waals surface area contributed by atoms with Crippen LogP contribution in [0.3, 0.4) is 0 Å². The highest BCUT2D eigenvalue weighted by atomic mass is 16.2. The third-order valence-electron chi connectivity index (χ3n) is 4.07. The Kier molecular flexibility index (Phi) is 3.88. The molecular weight excluding hydrogens is 278 g/mol. The molecule has 5 heteroatoms. The minimum atomic E-state index is -0.505. The Balaban J connectivity index is 1.74. The van der Waals surface area contributed by atoms with Crippen LogP contribution in [0.1, 0.15) is 25.8 Å². The summed E-state index contributed by atoms with van der Waals surface area (Å²) in [7, 11) is 0. The summed E-state index contributed by atoms with van der Waals surface area (Å²) in [6.45, 7) is 4.08. The number of hydrogen-bond donors (Lipinski definition) is 3. The number of carbonyl (C=O) groups excluding carboxylic acids is 2. The van der Waals surface area contributed by atoms with E-state index in [4.69, 9.17) is 0 Å². The highest BCUT2D eigenvalue weighted by molar-refractivity contribution is 5.97. The van der Waals surface area contributed by atoms with E-state index in [2.05, 4.69) is 15.6 Å². The molecule has 0 bridgehead atoms. The third-order valence-corrected chi connectivity index (χ3v) is 4.07. The molecule has 1 aromatic heterocycles. The highest BCUT2D eigenvalue weighted by Crippen LogP contribution is 2.20. The maximum atomic E-state index is 12.3. The quantitative estimate of drug-likeness (QED) is 0.804. The van der Waals surface area contributed by atoms with Crippen LogP contribution in [0.5, 0.6) is 0 Å². The first kappa shape index (κ1) is 14.6. The maximum absolute atomic E-state index is 12.3. The fourth-order valence-corrected chi connectivity index (χ4v) is 2.98. The largest absolute Gasteiger partial charge is 0.361 e. The molecule has 3 N–H and O–H groups in total. The van der Waals surface area contributed by atoms with Crippen molar-refractivity contribution in [2.45, 2.75) is 38.8 Å². The van der Waals surface area contributed by atoms with E-state index in [-0.39, 0.29) is 11.8 Å². The molecule has 2 atom stereocenters. The molecule has 0 unspecified atom stereocenters. The summed E-state index contributed by atoms with van der Waals surface area (Å²) in [5, 5.41) is 6.80. The van der Waals surface area contributed by atoms with Crippen molar-refractivity contribution < 1.29 is 9.59 Å². The number of fused-ring (bicyclic) bond motifs is 1. The Morgan fingerprint density at radius 3 is 2.50 bits per heavy atom. The van der Waals surface area contributed by atoms with Crippen LogP contribution in [0.15, 0.2) is 30.5 Å². The van der Waals surface area contributed by atoms with Crippen molar-refractivity contribution in [3.63, 3.8) is 0 Å². The maximum Gasteiger partial charge on any atom is 0.243 e. The standard InChI is InChI=1S/C17H21N3O2/c1-10(2)7-14-16(21)20-15(17(22)19-14)8-11-9-18-13-6-4-3-5-12(11)13/h3-6,9-10,14-15,18H,7-8H2,1-2H3,(H,19,22)(H,20,21)/t14-,15-/m1/s1. The van der Waals surface area contributed by atoms with Crippen LogP contribution in [0, 0.1) is 5.92 Å². The second-order valence-electron chi connectivity index (χ2n) is 6.32. The molecule has 116 valence electrons. The Labute approximate surface area is 129 Å². The van der Waals surface area contributed by atoms with E-state index in [9.17, 15) is 9.59 Å². The van der Waals surface area contributed by atoms with Gasteiger partial charge in [-0.15, -0.1) is 0 Å². The number of aromatic amines is 1. The topological polar surface area (TPSA) is 74.0 Å². The first-order valence-corrected chi connectivity index (χ1v) is 7.70. The average molecular weight is 299 g/mol. The van der Waals surface area contributed by atoms with Crippen molar-refractivity contribution >= 4 is 22.7 Å². The molecule has 1 aliphatic heterocycles. The number of rotatable bonds is 4. The number of benzene rings is 1. The molecule has 0 spiro atoms. The van der Waals surface area contributed by atoms with Crippen LogP contribution in [0.25, 0.3) is 10.9 Å². The predicted octanol–water partition coefficient (Wildman–Crippen LogP) is 1.74. The lowest BCUT2D eigenvalue weighted by molar-refractivity contribution is -0.137. The SMILES string of the molecule is CC(C)C[C@H]1NC(=O)[C@@H](Cc2c[nH]c3ccccc23)NC1=O. The van der Waals surface area contributed by atoms with Crippen LogP contribution in [-0.4, -0.2) is 28.9 Å². The Morgan fingerprint density at radius 1 is 1.05 bits per heavy atom. The van der Waals surface area contributed by atoms with Gasteiger partial charge in [-0.05, 0) is 24.0 Å². The van der Waals surface area contributed by atoms with Gasteiger partial charge in [-0.25, -0.2) is 0 Å². The van der Waals surface area contributed by atoms with Crippen LogP contribution >= 0.6 is 0 Å². The zero-order chi connectivity index (χ0) is 15.7. The van der Waals surface area contributed by atoms with Crippen molar-refractivity contribution in [2.24, 2.45) is 5.92 Å². The predicted molar refractivity (Wildman–Crippen MR) is 85.3 cm³/mol. The number of amides is 2. The van der Waals surface area contributed by atoms with E-state index in [1.807, 2.05) is 44.3 Å². The van der Waals surface area contributed by atoms with Crippen LogP contribution < -0.4 is 10.6 Å². The van der Waals surface area contributed by atoms with Crippen molar-refractivity contribution in [1.82, 2.24) is 15.6 Å². The normalized spacial score (nSPS) is 22.0. The summed E-state index contributed by atoms with van der Waals surface area (Å²) in [5.74, 6) is 0.176. The molecule has 0 aliphatic carbocycles. The second kappa shape index (κ2) is 5.83. The van der Waals surface area contributed by atoms with Crippen molar-refractivity contribution in [3.05, 3.63) is 36.0 Å². The van der Waals surface area contributed by atoms with Gasteiger partial charge in [0.1, 0.15) is 12.1 Å². The summed E-state index contributed by atoms with van der Waals surface area (Å²) in [5.41, 5.74) is 2.08. The molecule has 1 saturated heterocycles. The lowest BCUT2D eigenvalue weighted by Gasteiger charge is -2.30. The minimum absolute atomic E-state index is 0.0851. The third kappa shape index (κ3) is 2.84. The second-order valence-corrected chi connectivity index (χ2v) is 6.32. The van der Waals surface area contributed by atoms with Crippen molar-refractivity contribution in [2.75, 3.05) is 0 Å².